The van der Waals surface area contributed by atoms with Crippen LogP contribution in [0, 0.1) is 13.8 Å². The number of rotatable bonds is 2. The second-order valence-electron chi connectivity index (χ2n) is 9.89. The molecule has 0 spiro atoms. The molecule has 0 aromatic heterocycles. The van der Waals surface area contributed by atoms with Crippen molar-refractivity contribution in [3.05, 3.63) is 132 Å². The highest BCUT2D eigenvalue weighted by molar-refractivity contribution is 6.11. The Labute approximate surface area is 211 Å². The van der Waals surface area contributed by atoms with Crippen LogP contribution in [-0.2, 0) is 0 Å². The molecule has 0 aliphatic heterocycles. The molecule has 0 bridgehead atoms. The van der Waals surface area contributed by atoms with E-state index < -0.39 is 0 Å². The second-order valence-corrected chi connectivity index (χ2v) is 9.89. The maximum atomic E-state index is 2.34. The molecule has 0 heterocycles. The SMILES string of the molecule is Cc1ccc(-c2ccc3c(ccc4cc(-c5ccc(C)c6ccccc56)ccc43)c2)c2ccccc12. The van der Waals surface area contributed by atoms with Crippen LogP contribution in [0.5, 0.6) is 0 Å². The predicted molar refractivity (Wildman–Crippen MR) is 157 cm³/mol. The fraction of sp³-hybridized carbons (Fsp3) is 0.0556. The van der Waals surface area contributed by atoms with Crippen LogP contribution in [0.25, 0.3) is 65.3 Å². The van der Waals surface area contributed by atoms with Gasteiger partial charge in [0.15, 0.2) is 0 Å². The van der Waals surface area contributed by atoms with Gasteiger partial charge < -0.3 is 0 Å². The van der Waals surface area contributed by atoms with Crippen molar-refractivity contribution < 1.29 is 0 Å². The largest absolute Gasteiger partial charge is 0.0616 e. The van der Waals surface area contributed by atoms with Gasteiger partial charge in [0.05, 0.1) is 0 Å². The van der Waals surface area contributed by atoms with Crippen LogP contribution in [-0.4, -0.2) is 0 Å². The van der Waals surface area contributed by atoms with Crippen molar-refractivity contribution in [3.8, 4) is 22.3 Å². The first kappa shape index (κ1) is 20.9. The Morgan fingerprint density at radius 3 is 1.19 bits per heavy atom. The van der Waals surface area contributed by atoms with Gasteiger partial charge in [0, 0.05) is 0 Å². The Hall–Kier alpha value is -4.42. The average molecular weight is 459 g/mol. The summed E-state index contributed by atoms with van der Waals surface area (Å²) in [5.41, 5.74) is 7.75. The van der Waals surface area contributed by atoms with Gasteiger partial charge in [-0.2, -0.15) is 0 Å². The van der Waals surface area contributed by atoms with Crippen LogP contribution in [0.15, 0.2) is 121 Å². The molecule has 7 aromatic carbocycles. The van der Waals surface area contributed by atoms with E-state index in [1.54, 1.807) is 0 Å². The molecule has 0 N–H and O–H groups in total. The minimum Gasteiger partial charge on any atom is -0.0616 e. The summed E-state index contributed by atoms with van der Waals surface area (Å²) in [4.78, 5) is 0. The van der Waals surface area contributed by atoms with Gasteiger partial charge in [0.1, 0.15) is 0 Å². The highest BCUT2D eigenvalue weighted by atomic mass is 14.1. The van der Waals surface area contributed by atoms with Crippen LogP contribution in [0.2, 0.25) is 0 Å². The number of hydrogen-bond donors (Lipinski definition) is 0. The van der Waals surface area contributed by atoms with Gasteiger partial charge in [-0.15, -0.1) is 0 Å². The molecule has 0 radical (unpaired) electrons. The molecular formula is C36H26. The van der Waals surface area contributed by atoms with E-state index in [9.17, 15) is 0 Å². The molecule has 7 aromatic rings. The van der Waals surface area contributed by atoms with E-state index in [4.69, 9.17) is 0 Å². The standard InChI is InChI=1S/C36H26/c1-23-11-17-33(35-9-5-3-7-29(23)35)27-15-19-31-25(21-27)13-14-26-22-28(16-20-32(26)31)34-18-12-24(2)30-8-4-6-10-36(30)34/h3-22H,1-2H3. The fourth-order valence-corrected chi connectivity index (χ4v) is 5.81. The molecule has 0 saturated carbocycles. The molecule has 0 unspecified atom stereocenters. The third-order valence-electron chi connectivity index (χ3n) is 7.74. The van der Waals surface area contributed by atoms with Gasteiger partial charge in [0.25, 0.3) is 0 Å². The zero-order valence-electron chi connectivity index (χ0n) is 20.5. The van der Waals surface area contributed by atoms with Crippen LogP contribution >= 0.6 is 0 Å². The second kappa shape index (κ2) is 8.07. The van der Waals surface area contributed by atoms with E-state index in [1.807, 2.05) is 0 Å². The number of benzene rings is 7. The topological polar surface area (TPSA) is 0 Å². The molecule has 0 amide bonds. The van der Waals surface area contributed by atoms with Crippen LogP contribution < -0.4 is 0 Å². The lowest BCUT2D eigenvalue weighted by molar-refractivity contribution is 1.52. The lowest BCUT2D eigenvalue weighted by atomic mass is 9.91. The smallest absolute Gasteiger partial charge is 0.0103 e. The molecule has 0 fully saturated rings. The van der Waals surface area contributed by atoms with Crippen molar-refractivity contribution in [2.24, 2.45) is 0 Å². The van der Waals surface area contributed by atoms with Crippen molar-refractivity contribution in [3.63, 3.8) is 0 Å². The number of aryl methyl sites for hydroxylation is 2. The Morgan fingerprint density at radius 1 is 0.333 bits per heavy atom. The van der Waals surface area contributed by atoms with Gasteiger partial charge in [-0.3, -0.25) is 0 Å². The van der Waals surface area contributed by atoms with Crippen molar-refractivity contribution in [2.45, 2.75) is 13.8 Å². The summed E-state index contributed by atoms with van der Waals surface area (Å²) in [6, 6.07) is 44.8. The van der Waals surface area contributed by atoms with Crippen molar-refractivity contribution in [2.75, 3.05) is 0 Å². The third kappa shape index (κ3) is 3.22. The summed E-state index contributed by atoms with van der Waals surface area (Å²) in [5, 5.41) is 10.4. The minimum atomic E-state index is 1.26. The minimum absolute atomic E-state index is 1.26. The molecule has 170 valence electrons. The molecule has 0 aliphatic carbocycles. The Bertz CT molecular complexity index is 1810. The Morgan fingerprint density at radius 2 is 0.750 bits per heavy atom. The van der Waals surface area contributed by atoms with Gasteiger partial charge in [0.2, 0.25) is 0 Å². The first-order valence-electron chi connectivity index (χ1n) is 12.6. The van der Waals surface area contributed by atoms with E-state index in [0.29, 0.717) is 0 Å². The van der Waals surface area contributed by atoms with Gasteiger partial charge >= 0.3 is 0 Å². The van der Waals surface area contributed by atoms with E-state index in [0.717, 1.165) is 0 Å². The maximum absolute atomic E-state index is 2.34. The lowest BCUT2D eigenvalue weighted by Crippen LogP contribution is -1.87. The van der Waals surface area contributed by atoms with E-state index in [1.165, 1.54) is 76.5 Å². The Kier molecular flexibility index (Phi) is 4.69. The van der Waals surface area contributed by atoms with Gasteiger partial charge in [-0.1, -0.05) is 109 Å². The summed E-state index contributed by atoms with van der Waals surface area (Å²) < 4.78 is 0. The highest BCUT2D eigenvalue weighted by Gasteiger charge is 2.10. The summed E-state index contributed by atoms with van der Waals surface area (Å²) in [6.07, 6.45) is 0. The monoisotopic (exact) mass is 458 g/mol. The van der Waals surface area contributed by atoms with Crippen LogP contribution in [0.1, 0.15) is 11.1 Å². The molecular weight excluding hydrogens is 432 g/mol. The molecule has 0 atom stereocenters. The molecule has 36 heavy (non-hydrogen) atoms. The molecule has 0 saturated heterocycles. The van der Waals surface area contributed by atoms with Gasteiger partial charge in [-0.25, -0.2) is 0 Å². The Balaban J connectivity index is 1.38. The zero-order chi connectivity index (χ0) is 24.2. The van der Waals surface area contributed by atoms with E-state index in [-0.39, 0.29) is 0 Å². The van der Waals surface area contributed by atoms with Gasteiger partial charge in [-0.05, 0) is 102 Å². The molecule has 0 aliphatic rings. The molecule has 7 rings (SSSR count). The van der Waals surface area contributed by atoms with Crippen molar-refractivity contribution in [1.82, 2.24) is 0 Å². The van der Waals surface area contributed by atoms with Crippen molar-refractivity contribution >= 4 is 43.1 Å². The number of fused-ring (bicyclic) bond motifs is 5. The molecule has 0 heteroatoms. The lowest BCUT2D eigenvalue weighted by Gasteiger charge is -2.13. The highest BCUT2D eigenvalue weighted by Crippen LogP contribution is 2.37. The van der Waals surface area contributed by atoms with E-state index in [2.05, 4.69) is 135 Å². The first-order valence-corrected chi connectivity index (χ1v) is 12.6. The molecule has 0 nitrogen and oxygen atoms in total. The third-order valence-corrected chi connectivity index (χ3v) is 7.74. The van der Waals surface area contributed by atoms with E-state index >= 15 is 0 Å². The normalized spacial score (nSPS) is 11.6. The summed E-state index contributed by atoms with van der Waals surface area (Å²) in [5.74, 6) is 0. The fourth-order valence-electron chi connectivity index (χ4n) is 5.81. The summed E-state index contributed by atoms with van der Waals surface area (Å²) in [7, 11) is 0. The zero-order valence-corrected chi connectivity index (χ0v) is 20.5. The van der Waals surface area contributed by atoms with Crippen LogP contribution in [0.4, 0.5) is 0 Å². The van der Waals surface area contributed by atoms with Crippen molar-refractivity contribution in [1.29, 1.82) is 0 Å². The number of hydrogen-bond acceptors (Lipinski definition) is 0. The summed E-state index contributed by atoms with van der Waals surface area (Å²) in [6.45, 7) is 4.37. The average Bonchev–Trinajstić information content (AvgIpc) is 2.93. The quantitative estimate of drug-likeness (QED) is 0.226. The first-order chi connectivity index (χ1) is 17.7. The summed E-state index contributed by atoms with van der Waals surface area (Å²) >= 11 is 0. The predicted octanol–water partition coefficient (Wildman–Crippen LogP) is 10.3. The maximum Gasteiger partial charge on any atom is -0.0103 e. The van der Waals surface area contributed by atoms with Crippen LogP contribution in [0.3, 0.4) is 0 Å².